The number of hydrogen-bond donors (Lipinski definition) is 1. The standard InChI is InChI=1S/C16H30N2O/c1-2-3-4-13-5-7-14(8-6-13)16(19)18-11-9-15(17)10-12-18/h13-15H,2-12,17H2,1H3. The average Bonchev–Trinajstić information content (AvgIpc) is 2.46. The Bertz CT molecular complexity index is 276. The van der Waals surface area contributed by atoms with E-state index in [9.17, 15) is 4.79 Å². The topological polar surface area (TPSA) is 46.3 Å². The maximum absolute atomic E-state index is 12.5. The number of likely N-dealkylation sites (tertiary alicyclic amines) is 1. The maximum Gasteiger partial charge on any atom is 0.225 e. The summed E-state index contributed by atoms with van der Waals surface area (Å²) in [6.07, 6.45) is 10.8. The van der Waals surface area contributed by atoms with Gasteiger partial charge in [0.25, 0.3) is 0 Å². The summed E-state index contributed by atoms with van der Waals surface area (Å²) >= 11 is 0. The average molecular weight is 266 g/mol. The molecule has 0 unspecified atom stereocenters. The lowest BCUT2D eigenvalue weighted by Gasteiger charge is -2.35. The number of carbonyl (C=O) groups excluding carboxylic acids is 1. The molecule has 2 aliphatic rings. The second-order valence-electron chi connectivity index (χ2n) is 6.52. The normalized spacial score (nSPS) is 29.5. The molecule has 2 rings (SSSR count). The number of nitrogens with zero attached hydrogens (tertiary/aromatic N) is 1. The van der Waals surface area contributed by atoms with Gasteiger partial charge in [0.2, 0.25) is 5.91 Å². The van der Waals surface area contributed by atoms with Gasteiger partial charge in [0.05, 0.1) is 0 Å². The molecule has 19 heavy (non-hydrogen) atoms. The lowest BCUT2D eigenvalue weighted by Crippen LogP contribution is -2.45. The molecule has 0 aromatic carbocycles. The van der Waals surface area contributed by atoms with Gasteiger partial charge in [-0.05, 0) is 44.4 Å². The Morgan fingerprint density at radius 2 is 1.74 bits per heavy atom. The van der Waals surface area contributed by atoms with Crippen LogP contribution in [0.5, 0.6) is 0 Å². The van der Waals surface area contributed by atoms with Crippen LogP contribution >= 0.6 is 0 Å². The molecule has 1 aliphatic heterocycles. The molecule has 1 aliphatic carbocycles. The third kappa shape index (κ3) is 4.20. The molecule has 1 amide bonds. The molecular weight excluding hydrogens is 236 g/mol. The van der Waals surface area contributed by atoms with E-state index in [2.05, 4.69) is 11.8 Å². The molecular formula is C16H30N2O. The summed E-state index contributed by atoms with van der Waals surface area (Å²) in [5, 5.41) is 0. The number of hydrogen-bond acceptors (Lipinski definition) is 2. The van der Waals surface area contributed by atoms with Gasteiger partial charge >= 0.3 is 0 Å². The zero-order valence-electron chi connectivity index (χ0n) is 12.4. The minimum Gasteiger partial charge on any atom is -0.342 e. The fourth-order valence-electron chi connectivity index (χ4n) is 3.57. The van der Waals surface area contributed by atoms with Crippen LogP contribution in [-0.4, -0.2) is 29.9 Å². The number of piperidine rings is 1. The zero-order chi connectivity index (χ0) is 13.7. The monoisotopic (exact) mass is 266 g/mol. The minimum atomic E-state index is 0.312. The molecule has 0 aromatic rings. The first kappa shape index (κ1) is 14.8. The summed E-state index contributed by atoms with van der Waals surface area (Å²) in [6.45, 7) is 4.03. The van der Waals surface area contributed by atoms with E-state index in [0.29, 0.717) is 17.9 Å². The van der Waals surface area contributed by atoms with Crippen LogP contribution in [0.25, 0.3) is 0 Å². The molecule has 0 atom stereocenters. The van der Waals surface area contributed by atoms with Crippen LogP contribution in [0.1, 0.15) is 64.7 Å². The summed E-state index contributed by atoms with van der Waals surface area (Å²) in [7, 11) is 0. The van der Waals surface area contributed by atoms with Crippen LogP contribution in [0.15, 0.2) is 0 Å². The highest BCUT2D eigenvalue weighted by molar-refractivity contribution is 5.79. The smallest absolute Gasteiger partial charge is 0.225 e. The number of amides is 1. The van der Waals surface area contributed by atoms with Crippen LogP contribution in [0.4, 0.5) is 0 Å². The van der Waals surface area contributed by atoms with E-state index in [1.54, 1.807) is 0 Å². The van der Waals surface area contributed by atoms with Crippen molar-refractivity contribution < 1.29 is 4.79 Å². The Labute approximate surface area is 117 Å². The Hall–Kier alpha value is -0.570. The first-order chi connectivity index (χ1) is 9.20. The molecule has 2 N–H and O–H groups in total. The van der Waals surface area contributed by atoms with E-state index in [4.69, 9.17) is 5.73 Å². The van der Waals surface area contributed by atoms with Gasteiger partial charge in [0, 0.05) is 25.0 Å². The predicted octanol–water partition coefficient (Wildman–Crippen LogP) is 2.93. The van der Waals surface area contributed by atoms with Crippen molar-refractivity contribution in [3.63, 3.8) is 0 Å². The third-order valence-corrected chi connectivity index (χ3v) is 5.01. The quantitative estimate of drug-likeness (QED) is 0.850. The lowest BCUT2D eigenvalue weighted by molar-refractivity contribution is -0.137. The van der Waals surface area contributed by atoms with E-state index in [1.165, 1.54) is 32.1 Å². The van der Waals surface area contributed by atoms with E-state index in [-0.39, 0.29) is 0 Å². The van der Waals surface area contributed by atoms with E-state index < -0.39 is 0 Å². The Morgan fingerprint density at radius 3 is 2.32 bits per heavy atom. The van der Waals surface area contributed by atoms with Crippen LogP contribution in [0.3, 0.4) is 0 Å². The highest BCUT2D eigenvalue weighted by Crippen LogP contribution is 2.33. The molecule has 1 saturated carbocycles. The molecule has 1 heterocycles. The van der Waals surface area contributed by atoms with Gasteiger partial charge in [-0.25, -0.2) is 0 Å². The summed E-state index contributed by atoms with van der Waals surface area (Å²) in [4.78, 5) is 14.5. The summed E-state index contributed by atoms with van der Waals surface area (Å²) < 4.78 is 0. The van der Waals surface area contributed by atoms with Crippen LogP contribution in [-0.2, 0) is 4.79 Å². The second kappa shape index (κ2) is 7.28. The van der Waals surface area contributed by atoms with Gasteiger partial charge in [0.1, 0.15) is 0 Å². The molecule has 0 aromatic heterocycles. The Morgan fingerprint density at radius 1 is 1.11 bits per heavy atom. The van der Waals surface area contributed by atoms with Gasteiger partial charge in [-0.3, -0.25) is 4.79 Å². The Kier molecular flexibility index (Phi) is 5.68. The highest BCUT2D eigenvalue weighted by Gasteiger charge is 2.30. The predicted molar refractivity (Wildman–Crippen MR) is 78.8 cm³/mol. The molecule has 1 saturated heterocycles. The first-order valence-electron chi connectivity index (χ1n) is 8.25. The summed E-state index contributed by atoms with van der Waals surface area (Å²) in [5.74, 6) is 1.62. The molecule has 3 nitrogen and oxygen atoms in total. The molecule has 3 heteroatoms. The largest absolute Gasteiger partial charge is 0.342 e. The fourth-order valence-corrected chi connectivity index (χ4v) is 3.57. The van der Waals surface area contributed by atoms with E-state index >= 15 is 0 Å². The van der Waals surface area contributed by atoms with Crippen molar-refractivity contribution in [2.24, 2.45) is 17.6 Å². The second-order valence-corrected chi connectivity index (χ2v) is 6.52. The molecule has 2 fully saturated rings. The highest BCUT2D eigenvalue weighted by atomic mass is 16.2. The van der Waals surface area contributed by atoms with Gasteiger partial charge in [-0.1, -0.05) is 26.2 Å². The van der Waals surface area contributed by atoms with E-state index in [0.717, 1.165) is 44.7 Å². The molecule has 0 radical (unpaired) electrons. The van der Waals surface area contributed by atoms with Crippen molar-refractivity contribution >= 4 is 5.91 Å². The lowest BCUT2D eigenvalue weighted by atomic mass is 9.79. The molecule has 0 bridgehead atoms. The number of carbonyl (C=O) groups is 1. The molecule has 0 spiro atoms. The van der Waals surface area contributed by atoms with Crippen LogP contribution in [0, 0.1) is 11.8 Å². The van der Waals surface area contributed by atoms with Gasteiger partial charge in [-0.15, -0.1) is 0 Å². The maximum atomic E-state index is 12.5. The third-order valence-electron chi connectivity index (χ3n) is 5.01. The SMILES string of the molecule is CCCCC1CCC(C(=O)N2CCC(N)CC2)CC1. The fraction of sp³-hybridized carbons (Fsp3) is 0.938. The van der Waals surface area contributed by atoms with Crippen molar-refractivity contribution in [2.75, 3.05) is 13.1 Å². The zero-order valence-corrected chi connectivity index (χ0v) is 12.4. The van der Waals surface area contributed by atoms with Crippen molar-refractivity contribution in [1.29, 1.82) is 0 Å². The van der Waals surface area contributed by atoms with Crippen molar-refractivity contribution in [3.05, 3.63) is 0 Å². The van der Waals surface area contributed by atoms with Crippen molar-refractivity contribution in [1.82, 2.24) is 4.90 Å². The number of unbranched alkanes of at least 4 members (excludes halogenated alkanes) is 1. The minimum absolute atomic E-state index is 0.312. The first-order valence-corrected chi connectivity index (χ1v) is 8.25. The van der Waals surface area contributed by atoms with E-state index in [1.807, 2.05) is 0 Å². The van der Waals surface area contributed by atoms with Gasteiger partial charge < -0.3 is 10.6 Å². The van der Waals surface area contributed by atoms with Crippen molar-refractivity contribution in [3.8, 4) is 0 Å². The summed E-state index contributed by atoms with van der Waals surface area (Å²) in [5.41, 5.74) is 5.90. The van der Waals surface area contributed by atoms with Gasteiger partial charge in [-0.2, -0.15) is 0 Å². The number of rotatable bonds is 4. The number of nitrogens with two attached hydrogens (primary N) is 1. The van der Waals surface area contributed by atoms with Crippen LogP contribution in [0.2, 0.25) is 0 Å². The Balaban J connectivity index is 1.73. The van der Waals surface area contributed by atoms with Crippen LogP contribution < -0.4 is 5.73 Å². The molecule has 110 valence electrons. The van der Waals surface area contributed by atoms with Gasteiger partial charge in [0.15, 0.2) is 0 Å². The summed E-state index contributed by atoms with van der Waals surface area (Å²) in [6, 6.07) is 0.314. The van der Waals surface area contributed by atoms with Crippen molar-refractivity contribution in [2.45, 2.75) is 70.8 Å².